The second kappa shape index (κ2) is 5.92. The molecule has 0 saturated carbocycles. The van der Waals surface area contributed by atoms with Crippen LogP contribution < -0.4 is 10.1 Å². The standard InChI is InChI=1S/C14H19N5O/c1-14(2,3)17-9-10-7-15-13(16-8-10)11-5-6-12(20-4)19-18-11/h5-8,17H,9H2,1-4H3. The normalized spacial score (nSPS) is 11.4. The summed E-state index contributed by atoms with van der Waals surface area (Å²) in [5, 5.41) is 11.3. The Morgan fingerprint density at radius 1 is 1.10 bits per heavy atom. The van der Waals surface area contributed by atoms with E-state index in [0.717, 1.165) is 12.1 Å². The average molecular weight is 273 g/mol. The molecule has 0 spiro atoms. The number of rotatable bonds is 4. The van der Waals surface area contributed by atoms with Gasteiger partial charge in [0.1, 0.15) is 5.69 Å². The predicted octanol–water partition coefficient (Wildman–Crippen LogP) is 1.83. The molecule has 2 aromatic heterocycles. The highest BCUT2D eigenvalue weighted by molar-refractivity contribution is 5.47. The Morgan fingerprint density at radius 2 is 1.80 bits per heavy atom. The molecule has 2 rings (SSSR count). The molecule has 2 heterocycles. The fraction of sp³-hybridized carbons (Fsp3) is 0.429. The number of methoxy groups -OCH3 is 1. The third-order valence-corrected chi connectivity index (χ3v) is 2.61. The number of hydrogen-bond acceptors (Lipinski definition) is 6. The van der Waals surface area contributed by atoms with Gasteiger partial charge >= 0.3 is 0 Å². The van der Waals surface area contributed by atoms with Crippen molar-refractivity contribution in [2.24, 2.45) is 0 Å². The zero-order chi connectivity index (χ0) is 14.6. The first-order valence-electron chi connectivity index (χ1n) is 6.42. The lowest BCUT2D eigenvalue weighted by atomic mass is 10.1. The van der Waals surface area contributed by atoms with Gasteiger partial charge in [0.2, 0.25) is 5.88 Å². The molecular weight excluding hydrogens is 254 g/mol. The number of nitrogens with one attached hydrogen (secondary N) is 1. The van der Waals surface area contributed by atoms with Crippen LogP contribution in [-0.4, -0.2) is 32.8 Å². The summed E-state index contributed by atoms with van der Waals surface area (Å²) >= 11 is 0. The summed E-state index contributed by atoms with van der Waals surface area (Å²) in [5.74, 6) is 1.03. The number of nitrogens with zero attached hydrogens (tertiary/aromatic N) is 4. The molecule has 0 atom stereocenters. The lowest BCUT2D eigenvalue weighted by Gasteiger charge is -2.20. The fourth-order valence-electron chi connectivity index (χ4n) is 1.49. The Kier molecular flexibility index (Phi) is 4.24. The van der Waals surface area contributed by atoms with E-state index >= 15 is 0 Å². The fourth-order valence-corrected chi connectivity index (χ4v) is 1.49. The van der Waals surface area contributed by atoms with Crippen molar-refractivity contribution < 1.29 is 4.74 Å². The van der Waals surface area contributed by atoms with Crippen LogP contribution >= 0.6 is 0 Å². The lowest BCUT2D eigenvalue weighted by molar-refractivity contribution is 0.392. The molecular formula is C14H19N5O. The van der Waals surface area contributed by atoms with E-state index in [2.05, 4.69) is 46.3 Å². The molecule has 0 amide bonds. The Hall–Kier alpha value is -2.08. The molecule has 106 valence electrons. The summed E-state index contributed by atoms with van der Waals surface area (Å²) < 4.78 is 4.97. The third-order valence-electron chi connectivity index (χ3n) is 2.61. The molecule has 0 aromatic carbocycles. The van der Waals surface area contributed by atoms with Gasteiger partial charge in [-0.25, -0.2) is 9.97 Å². The molecule has 6 nitrogen and oxygen atoms in total. The van der Waals surface area contributed by atoms with Gasteiger partial charge in [-0.3, -0.25) is 0 Å². The third kappa shape index (κ3) is 3.96. The Balaban J connectivity index is 2.07. The van der Waals surface area contributed by atoms with Gasteiger partial charge in [0.05, 0.1) is 7.11 Å². The second-order valence-corrected chi connectivity index (χ2v) is 5.48. The van der Waals surface area contributed by atoms with Crippen molar-refractivity contribution in [3.63, 3.8) is 0 Å². The Bertz CT molecular complexity index is 545. The quantitative estimate of drug-likeness (QED) is 0.916. The smallest absolute Gasteiger partial charge is 0.233 e. The molecule has 0 aliphatic heterocycles. The Morgan fingerprint density at radius 3 is 2.30 bits per heavy atom. The minimum absolute atomic E-state index is 0.0696. The molecule has 2 aromatic rings. The number of ether oxygens (including phenoxy) is 1. The maximum Gasteiger partial charge on any atom is 0.233 e. The lowest BCUT2D eigenvalue weighted by Crippen LogP contribution is -2.35. The number of hydrogen-bond donors (Lipinski definition) is 1. The van der Waals surface area contributed by atoms with Gasteiger partial charge in [-0.15, -0.1) is 10.2 Å². The molecule has 0 bridgehead atoms. The van der Waals surface area contributed by atoms with Crippen LogP contribution in [0.25, 0.3) is 11.5 Å². The zero-order valence-corrected chi connectivity index (χ0v) is 12.2. The molecule has 0 fully saturated rings. The monoisotopic (exact) mass is 273 g/mol. The number of aromatic nitrogens is 4. The molecule has 20 heavy (non-hydrogen) atoms. The van der Waals surface area contributed by atoms with Crippen molar-refractivity contribution in [1.29, 1.82) is 0 Å². The van der Waals surface area contributed by atoms with Crippen molar-refractivity contribution in [2.75, 3.05) is 7.11 Å². The van der Waals surface area contributed by atoms with Crippen molar-refractivity contribution in [1.82, 2.24) is 25.5 Å². The molecule has 0 aliphatic rings. The first-order valence-corrected chi connectivity index (χ1v) is 6.42. The van der Waals surface area contributed by atoms with Gasteiger partial charge in [0.25, 0.3) is 0 Å². The van der Waals surface area contributed by atoms with Crippen LogP contribution in [0.3, 0.4) is 0 Å². The molecule has 0 unspecified atom stereocenters. The van der Waals surface area contributed by atoms with Crippen LogP contribution in [0.1, 0.15) is 26.3 Å². The first-order chi connectivity index (χ1) is 9.48. The van der Waals surface area contributed by atoms with Crippen LogP contribution in [0.4, 0.5) is 0 Å². The summed E-state index contributed by atoms with van der Waals surface area (Å²) in [4.78, 5) is 8.62. The summed E-state index contributed by atoms with van der Waals surface area (Å²) in [7, 11) is 1.55. The highest BCUT2D eigenvalue weighted by Gasteiger charge is 2.09. The summed E-state index contributed by atoms with van der Waals surface area (Å²) in [6.07, 6.45) is 3.60. The van der Waals surface area contributed by atoms with E-state index in [1.807, 2.05) is 0 Å². The van der Waals surface area contributed by atoms with Crippen LogP contribution in [0.15, 0.2) is 24.5 Å². The molecule has 0 radical (unpaired) electrons. The van der Waals surface area contributed by atoms with Crippen molar-refractivity contribution in [3.05, 3.63) is 30.1 Å². The van der Waals surface area contributed by atoms with Gasteiger partial charge in [-0.2, -0.15) is 0 Å². The minimum Gasteiger partial charge on any atom is -0.480 e. The SMILES string of the molecule is COc1ccc(-c2ncc(CNC(C)(C)C)cn2)nn1. The van der Waals surface area contributed by atoms with Crippen LogP contribution in [-0.2, 0) is 6.54 Å². The predicted molar refractivity (Wildman–Crippen MR) is 76.2 cm³/mol. The van der Waals surface area contributed by atoms with E-state index in [-0.39, 0.29) is 5.54 Å². The van der Waals surface area contributed by atoms with E-state index in [0.29, 0.717) is 17.4 Å². The van der Waals surface area contributed by atoms with E-state index in [1.54, 1.807) is 31.6 Å². The average Bonchev–Trinajstić information content (AvgIpc) is 2.45. The maximum absolute atomic E-state index is 4.97. The van der Waals surface area contributed by atoms with Gasteiger partial charge in [0, 0.05) is 36.1 Å². The molecule has 0 aliphatic carbocycles. The van der Waals surface area contributed by atoms with Gasteiger partial charge in [-0.05, 0) is 26.8 Å². The molecule has 6 heteroatoms. The Labute approximate surface area is 118 Å². The summed E-state index contributed by atoms with van der Waals surface area (Å²) in [5.41, 5.74) is 1.73. The molecule has 1 N–H and O–H groups in total. The summed E-state index contributed by atoms with van der Waals surface area (Å²) in [6.45, 7) is 7.09. The first kappa shape index (κ1) is 14.3. The second-order valence-electron chi connectivity index (χ2n) is 5.48. The molecule has 0 saturated heterocycles. The maximum atomic E-state index is 4.97. The van der Waals surface area contributed by atoms with Crippen molar-refractivity contribution in [3.8, 4) is 17.4 Å². The van der Waals surface area contributed by atoms with Crippen LogP contribution in [0, 0.1) is 0 Å². The van der Waals surface area contributed by atoms with E-state index in [4.69, 9.17) is 4.74 Å². The summed E-state index contributed by atoms with van der Waals surface area (Å²) in [6, 6.07) is 3.52. The highest BCUT2D eigenvalue weighted by atomic mass is 16.5. The topological polar surface area (TPSA) is 72.8 Å². The van der Waals surface area contributed by atoms with E-state index in [9.17, 15) is 0 Å². The minimum atomic E-state index is 0.0696. The van der Waals surface area contributed by atoms with E-state index < -0.39 is 0 Å². The van der Waals surface area contributed by atoms with Crippen molar-refractivity contribution >= 4 is 0 Å². The zero-order valence-electron chi connectivity index (χ0n) is 12.2. The van der Waals surface area contributed by atoms with Gasteiger partial charge in [-0.1, -0.05) is 0 Å². The van der Waals surface area contributed by atoms with Crippen molar-refractivity contribution in [2.45, 2.75) is 32.9 Å². The van der Waals surface area contributed by atoms with Crippen LogP contribution in [0.5, 0.6) is 5.88 Å². The highest BCUT2D eigenvalue weighted by Crippen LogP contribution is 2.13. The largest absolute Gasteiger partial charge is 0.480 e. The van der Waals surface area contributed by atoms with Gasteiger partial charge < -0.3 is 10.1 Å². The van der Waals surface area contributed by atoms with Gasteiger partial charge in [0.15, 0.2) is 5.82 Å². The van der Waals surface area contributed by atoms with Crippen LogP contribution in [0.2, 0.25) is 0 Å². The van der Waals surface area contributed by atoms with E-state index in [1.165, 1.54) is 0 Å².